The van der Waals surface area contributed by atoms with E-state index in [0.29, 0.717) is 26.1 Å². The Hall–Kier alpha value is -0.670. The number of Topliss-reactive ketones (excluding diaryl/α,β-unsaturated/α-hetero) is 1. The molecule has 1 fully saturated rings. The van der Waals surface area contributed by atoms with Crippen LogP contribution in [0.2, 0.25) is 0 Å². The molecule has 0 aromatic rings. The van der Waals surface area contributed by atoms with Crippen molar-refractivity contribution in [2.75, 3.05) is 13.2 Å². The van der Waals surface area contributed by atoms with Gasteiger partial charge < -0.3 is 10.5 Å². The second kappa shape index (κ2) is 4.03. The molecule has 0 aromatic heterocycles. The van der Waals surface area contributed by atoms with Crippen LogP contribution in [-0.4, -0.2) is 24.5 Å². The third-order valence-electron chi connectivity index (χ3n) is 2.52. The molecule has 1 atom stereocenters. The normalized spacial score (nSPS) is 27.5. The van der Waals surface area contributed by atoms with E-state index in [-0.39, 0.29) is 5.78 Å². The highest BCUT2D eigenvalue weighted by Crippen LogP contribution is 2.20. The second-order valence-electron chi connectivity index (χ2n) is 3.66. The van der Waals surface area contributed by atoms with Crippen LogP contribution in [0.3, 0.4) is 0 Å². The van der Waals surface area contributed by atoms with Crippen LogP contribution in [0.1, 0.15) is 26.2 Å². The molecule has 0 spiro atoms. The van der Waals surface area contributed by atoms with Crippen LogP contribution >= 0.6 is 0 Å². The summed E-state index contributed by atoms with van der Waals surface area (Å²) in [4.78, 5) is 11.7. The lowest BCUT2D eigenvalue weighted by Crippen LogP contribution is -2.48. The summed E-state index contributed by atoms with van der Waals surface area (Å²) in [5.41, 5.74) is 6.10. The molecular weight excluding hydrogens is 166 g/mol. The van der Waals surface area contributed by atoms with E-state index in [1.54, 1.807) is 0 Å². The van der Waals surface area contributed by atoms with Crippen LogP contribution in [0.5, 0.6) is 0 Å². The predicted molar refractivity (Wildman–Crippen MR) is 51.4 cm³/mol. The van der Waals surface area contributed by atoms with Crippen LogP contribution < -0.4 is 5.73 Å². The Morgan fingerprint density at radius 1 is 1.69 bits per heavy atom. The largest absolute Gasteiger partial charge is 0.379 e. The van der Waals surface area contributed by atoms with Gasteiger partial charge in [-0.3, -0.25) is 4.79 Å². The molecule has 1 rings (SSSR count). The average molecular weight is 183 g/mol. The van der Waals surface area contributed by atoms with E-state index in [0.717, 1.165) is 12.0 Å². The molecule has 74 valence electrons. The zero-order valence-corrected chi connectivity index (χ0v) is 8.14. The average Bonchev–Trinajstić information content (AvgIpc) is 2.53. The Morgan fingerprint density at radius 2 is 2.38 bits per heavy atom. The molecule has 13 heavy (non-hydrogen) atoms. The van der Waals surface area contributed by atoms with Crippen LogP contribution in [0.15, 0.2) is 12.2 Å². The Balaban J connectivity index is 2.51. The minimum Gasteiger partial charge on any atom is -0.379 e. The fraction of sp³-hybridized carbons (Fsp3) is 0.700. The third kappa shape index (κ3) is 2.39. The van der Waals surface area contributed by atoms with Crippen molar-refractivity contribution in [3.05, 3.63) is 12.2 Å². The number of carbonyl (C=O) groups is 1. The van der Waals surface area contributed by atoms with Crippen molar-refractivity contribution < 1.29 is 9.53 Å². The second-order valence-corrected chi connectivity index (χ2v) is 3.66. The fourth-order valence-corrected chi connectivity index (χ4v) is 1.33. The molecule has 0 amide bonds. The zero-order chi connectivity index (χ0) is 9.90. The number of rotatable bonds is 4. The van der Waals surface area contributed by atoms with E-state index in [9.17, 15) is 4.79 Å². The number of hydrogen-bond donors (Lipinski definition) is 1. The maximum absolute atomic E-state index is 11.7. The van der Waals surface area contributed by atoms with Gasteiger partial charge in [0.1, 0.15) is 5.54 Å². The van der Waals surface area contributed by atoms with E-state index in [2.05, 4.69) is 6.58 Å². The Morgan fingerprint density at radius 3 is 2.85 bits per heavy atom. The van der Waals surface area contributed by atoms with Crippen molar-refractivity contribution >= 4 is 5.78 Å². The zero-order valence-electron chi connectivity index (χ0n) is 8.14. The standard InChI is InChI=1S/C10H17NO2/c1-3-8(2)6-9(12)10(11)4-5-13-7-10/h2-7,11H2,1H3. The summed E-state index contributed by atoms with van der Waals surface area (Å²) < 4.78 is 5.12. The summed E-state index contributed by atoms with van der Waals surface area (Å²) in [6.07, 6.45) is 1.88. The topological polar surface area (TPSA) is 52.3 Å². The van der Waals surface area contributed by atoms with Gasteiger partial charge in [-0.15, -0.1) is 0 Å². The van der Waals surface area contributed by atoms with Gasteiger partial charge in [-0.05, 0) is 12.8 Å². The van der Waals surface area contributed by atoms with E-state index < -0.39 is 5.54 Å². The van der Waals surface area contributed by atoms with Gasteiger partial charge in [0.2, 0.25) is 0 Å². The van der Waals surface area contributed by atoms with Gasteiger partial charge in [0.25, 0.3) is 0 Å². The van der Waals surface area contributed by atoms with Gasteiger partial charge >= 0.3 is 0 Å². The monoisotopic (exact) mass is 183 g/mol. The van der Waals surface area contributed by atoms with Crippen molar-refractivity contribution in [2.24, 2.45) is 5.73 Å². The first-order valence-corrected chi connectivity index (χ1v) is 4.65. The quantitative estimate of drug-likeness (QED) is 0.662. The Labute approximate surface area is 78.9 Å². The number of allylic oxidation sites excluding steroid dienone is 1. The van der Waals surface area contributed by atoms with Crippen molar-refractivity contribution in [1.82, 2.24) is 0 Å². The number of nitrogens with two attached hydrogens (primary N) is 1. The van der Waals surface area contributed by atoms with Gasteiger partial charge in [0.15, 0.2) is 5.78 Å². The minimum atomic E-state index is -0.738. The van der Waals surface area contributed by atoms with Crippen molar-refractivity contribution in [2.45, 2.75) is 31.7 Å². The van der Waals surface area contributed by atoms with Gasteiger partial charge in [-0.25, -0.2) is 0 Å². The van der Waals surface area contributed by atoms with E-state index in [1.807, 2.05) is 6.92 Å². The minimum absolute atomic E-state index is 0.0665. The molecule has 1 aliphatic heterocycles. The van der Waals surface area contributed by atoms with Gasteiger partial charge in [-0.2, -0.15) is 0 Å². The summed E-state index contributed by atoms with van der Waals surface area (Å²) in [7, 11) is 0. The lowest BCUT2D eigenvalue weighted by Gasteiger charge is -2.20. The SMILES string of the molecule is C=C(CC)CC(=O)C1(N)CCOC1. The van der Waals surface area contributed by atoms with Crippen LogP contribution in [0.4, 0.5) is 0 Å². The molecule has 1 saturated heterocycles. The lowest BCUT2D eigenvalue weighted by molar-refractivity contribution is -0.123. The van der Waals surface area contributed by atoms with Crippen molar-refractivity contribution in [3.63, 3.8) is 0 Å². The van der Waals surface area contributed by atoms with Gasteiger partial charge in [0, 0.05) is 13.0 Å². The number of ether oxygens (including phenoxy) is 1. The summed E-state index contributed by atoms with van der Waals surface area (Å²) in [6, 6.07) is 0. The molecule has 1 unspecified atom stereocenters. The molecule has 2 N–H and O–H groups in total. The van der Waals surface area contributed by atoms with E-state index >= 15 is 0 Å². The maximum atomic E-state index is 11.7. The van der Waals surface area contributed by atoms with Crippen LogP contribution in [-0.2, 0) is 9.53 Å². The molecular formula is C10H17NO2. The van der Waals surface area contributed by atoms with Crippen molar-refractivity contribution in [1.29, 1.82) is 0 Å². The van der Waals surface area contributed by atoms with Gasteiger partial charge in [-0.1, -0.05) is 19.1 Å². The van der Waals surface area contributed by atoms with Gasteiger partial charge in [0.05, 0.1) is 6.61 Å². The highest BCUT2D eigenvalue weighted by atomic mass is 16.5. The van der Waals surface area contributed by atoms with Crippen molar-refractivity contribution in [3.8, 4) is 0 Å². The smallest absolute Gasteiger partial charge is 0.159 e. The van der Waals surface area contributed by atoms with E-state index in [4.69, 9.17) is 10.5 Å². The first-order chi connectivity index (χ1) is 6.08. The highest BCUT2D eigenvalue weighted by Gasteiger charge is 2.37. The van der Waals surface area contributed by atoms with E-state index in [1.165, 1.54) is 0 Å². The van der Waals surface area contributed by atoms with Crippen LogP contribution in [0.25, 0.3) is 0 Å². The summed E-state index contributed by atoms with van der Waals surface area (Å²) in [5.74, 6) is 0.0665. The summed E-state index contributed by atoms with van der Waals surface area (Å²) in [5, 5.41) is 0. The first kappa shape index (κ1) is 10.4. The maximum Gasteiger partial charge on any atom is 0.159 e. The molecule has 0 aromatic carbocycles. The molecule has 0 radical (unpaired) electrons. The summed E-state index contributed by atoms with van der Waals surface area (Å²) in [6.45, 7) is 6.75. The summed E-state index contributed by atoms with van der Waals surface area (Å²) >= 11 is 0. The van der Waals surface area contributed by atoms with Crippen LogP contribution in [0, 0.1) is 0 Å². The predicted octanol–water partition coefficient (Wildman–Crippen LogP) is 1.03. The molecule has 3 nitrogen and oxygen atoms in total. The Bertz CT molecular complexity index is 217. The molecule has 3 heteroatoms. The number of carbonyl (C=O) groups excluding carboxylic acids is 1. The molecule has 1 heterocycles. The molecule has 0 bridgehead atoms. The molecule has 0 aliphatic carbocycles. The highest BCUT2D eigenvalue weighted by molar-refractivity contribution is 5.90. The molecule has 1 aliphatic rings. The number of hydrogen-bond acceptors (Lipinski definition) is 3. The number of ketones is 1. The Kier molecular flexibility index (Phi) is 3.22. The fourth-order valence-electron chi connectivity index (χ4n) is 1.33. The lowest BCUT2D eigenvalue weighted by atomic mass is 9.90. The third-order valence-corrected chi connectivity index (χ3v) is 2.52. The molecule has 0 saturated carbocycles. The first-order valence-electron chi connectivity index (χ1n) is 4.65.